The molecule has 0 spiro atoms. The first-order valence-electron chi connectivity index (χ1n) is 9.46. The minimum atomic E-state index is -4.37. The number of carboxylic acid groups (broad SMARTS) is 1. The van der Waals surface area contributed by atoms with Gasteiger partial charge in [-0.1, -0.05) is 0 Å². The molecule has 0 saturated heterocycles. The summed E-state index contributed by atoms with van der Waals surface area (Å²) in [4.78, 5) is 47.9. The van der Waals surface area contributed by atoms with Crippen LogP contribution < -0.4 is 25.6 Å². The average Bonchev–Trinajstić information content (AvgIpc) is 2.71. The van der Waals surface area contributed by atoms with Crippen LogP contribution in [0.4, 0.5) is 11.4 Å². The van der Waals surface area contributed by atoms with E-state index in [1.54, 1.807) is 6.92 Å². The summed E-state index contributed by atoms with van der Waals surface area (Å²) in [6, 6.07) is 7.22. The van der Waals surface area contributed by atoms with Crippen molar-refractivity contribution in [1.82, 2.24) is 10.3 Å². The Morgan fingerprint density at radius 3 is 2.18 bits per heavy atom. The number of amides is 3. The van der Waals surface area contributed by atoms with Crippen LogP contribution in [0.2, 0.25) is 0 Å². The van der Waals surface area contributed by atoms with Crippen LogP contribution in [0.3, 0.4) is 0 Å². The fourth-order valence-corrected chi connectivity index (χ4v) is 3.54. The zero-order valence-electron chi connectivity index (χ0n) is 17.9. The number of hydrazine groups is 1. The molecule has 0 radical (unpaired) electrons. The van der Waals surface area contributed by atoms with Crippen molar-refractivity contribution in [3.63, 3.8) is 0 Å². The fourth-order valence-electron chi connectivity index (χ4n) is 2.67. The molecule has 2 aromatic rings. The van der Waals surface area contributed by atoms with Crippen molar-refractivity contribution in [2.45, 2.75) is 25.7 Å². The van der Waals surface area contributed by atoms with E-state index in [4.69, 9.17) is 4.74 Å². The molecule has 33 heavy (non-hydrogen) atoms. The van der Waals surface area contributed by atoms with Crippen LogP contribution in [0, 0.1) is 0 Å². The van der Waals surface area contributed by atoms with Crippen LogP contribution in [-0.4, -0.2) is 43.8 Å². The van der Waals surface area contributed by atoms with E-state index in [1.165, 1.54) is 32.0 Å². The lowest BCUT2D eigenvalue weighted by molar-refractivity contribution is -0.115. The summed E-state index contributed by atoms with van der Waals surface area (Å²) in [6.07, 6.45) is 0. The molecule has 0 unspecified atom stereocenters. The number of carboxylic acids is 1. The molecule has 0 fully saturated rings. The van der Waals surface area contributed by atoms with Crippen molar-refractivity contribution < 1.29 is 37.4 Å². The van der Waals surface area contributed by atoms with Crippen LogP contribution in [-0.2, 0) is 19.6 Å². The quantitative estimate of drug-likeness (QED) is 0.335. The third kappa shape index (κ3) is 6.75. The van der Waals surface area contributed by atoms with E-state index in [9.17, 15) is 32.7 Å². The predicted octanol–water partition coefficient (Wildman–Crippen LogP) is 1.32. The summed E-state index contributed by atoms with van der Waals surface area (Å²) in [7, 11) is -4.37. The van der Waals surface area contributed by atoms with Gasteiger partial charge in [-0.2, -0.15) is 0 Å². The Morgan fingerprint density at radius 1 is 0.939 bits per heavy atom. The van der Waals surface area contributed by atoms with Crippen LogP contribution >= 0.6 is 0 Å². The summed E-state index contributed by atoms with van der Waals surface area (Å²) in [5.74, 6) is -3.07. The van der Waals surface area contributed by atoms with Gasteiger partial charge < -0.3 is 20.5 Å². The van der Waals surface area contributed by atoms with Crippen LogP contribution in [0.15, 0.2) is 41.3 Å². The van der Waals surface area contributed by atoms with Crippen LogP contribution in [0.1, 0.15) is 41.5 Å². The molecular formula is C20H22N4O8S. The second-order valence-corrected chi connectivity index (χ2v) is 8.26. The third-order valence-electron chi connectivity index (χ3n) is 3.99. The summed E-state index contributed by atoms with van der Waals surface area (Å²) in [6.45, 7) is 4.37. The smallest absolute Gasteiger partial charge is 0.337 e. The summed E-state index contributed by atoms with van der Waals surface area (Å²) in [5, 5.41) is 14.2. The Bertz CT molecular complexity index is 1210. The van der Waals surface area contributed by atoms with E-state index in [-0.39, 0.29) is 29.5 Å². The monoisotopic (exact) mass is 478 g/mol. The van der Waals surface area contributed by atoms with Crippen LogP contribution in [0.5, 0.6) is 5.75 Å². The number of sulfonamides is 1. The van der Waals surface area contributed by atoms with Gasteiger partial charge >= 0.3 is 5.97 Å². The SMILES string of the molecule is CCOc1cc(NC(C)=O)ccc1C(=O)NNS(=O)(=O)c1ccc(NC(C)=O)c(C(=O)O)c1. The van der Waals surface area contributed by atoms with Crippen molar-refractivity contribution in [1.29, 1.82) is 0 Å². The number of benzene rings is 2. The van der Waals surface area contributed by atoms with Gasteiger partial charge in [0, 0.05) is 25.6 Å². The lowest BCUT2D eigenvalue weighted by Crippen LogP contribution is -2.41. The van der Waals surface area contributed by atoms with E-state index in [0.717, 1.165) is 18.2 Å². The van der Waals surface area contributed by atoms with Crippen LogP contribution in [0.25, 0.3) is 0 Å². The van der Waals surface area contributed by atoms with Crippen molar-refractivity contribution >= 4 is 45.1 Å². The molecule has 0 aliphatic heterocycles. The normalized spacial score (nSPS) is 10.8. The zero-order valence-corrected chi connectivity index (χ0v) is 18.7. The third-order valence-corrected chi connectivity index (χ3v) is 5.23. The van der Waals surface area contributed by atoms with E-state index in [1.807, 2.05) is 10.3 Å². The Kier molecular flexibility index (Phi) is 8.10. The lowest BCUT2D eigenvalue weighted by atomic mass is 10.1. The van der Waals surface area contributed by atoms with Gasteiger partial charge in [-0.25, -0.2) is 13.2 Å². The molecule has 0 aromatic heterocycles. The largest absolute Gasteiger partial charge is 0.493 e. The van der Waals surface area contributed by atoms with Gasteiger partial charge in [0.15, 0.2) is 0 Å². The molecule has 0 aliphatic carbocycles. The highest BCUT2D eigenvalue weighted by atomic mass is 32.2. The zero-order chi connectivity index (χ0) is 24.8. The van der Waals surface area contributed by atoms with Gasteiger partial charge in [0.2, 0.25) is 11.8 Å². The molecular weight excluding hydrogens is 456 g/mol. The Labute approximate surface area is 189 Å². The highest BCUT2D eigenvalue weighted by Crippen LogP contribution is 2.24. The number of nitrogens with one attached hydrogen (secondary N) is 4. The second kappa shape index (κ2) is 10.6. The maximum absolute atomic E-state index is 12.6. The number of anilines is 2. The number of hydrogen-bond donors (Lipinski definition) is 5. The molecule has 0 bridgehead atoms. The van der Waals surface area contributed by atoms with E-state index >= 15 is 0 Å². The summed E-state index contributed by atoms with van der Waals surface area (Å²) >= 11 is 0. The highest BCUT2D eigenvalue weighted by molar-refractivity contribution is 7.89. The second-order valence-electron chi connectivity index (χ2n) is 6.58. The molecule has 5 N–H and O–H groups in total. The lowest BCUT2D eigenvalue weighted by Gasteiger charge is -2.14. The maximum Gasteiger partial charge on any atom is 0.337 e. The molecule has 176 valence electrons. The van der Waals surface area contributed by atoms with Crippen molar-refractivity contribution in [2.75, 3.05) is 17.2 Å². The first-order valence-corrected chi connectivity index (χ1v) is 10.9. The minimum Gasteiger partial charge on any atom is -0.493 e. The van der Waals surface area contributed by atoms with Crippen molar-refractivity contribution in [3.8, 4) is 5.75 Å². The molecule has 0 aliphatic rings. The van der Waals surface area contributed by atoms with Gasteiger partial charge in [0.05, 0.1) is 28.3 Å². The van der Waals surface area contributed by atoms with E-state index in [2.05, 4.69) is 10.6 Å². The molecule has 12 nitrogen and oxygen atoms in total. The summed E-state index contributed by atoms with van der Waals surface area (Å²) < 4.78 is 30.5. The molecule has 0 saturated carbocycles. The standard InChI is InChI=1S/C20H22N4O8S/c1-4-32-18-9-13(21-11(2)25)5-7-15(18)19(27)23-24-33(30,31)14-6-8-17(22-12(3)26)16(10-14)20(28)29/h5-10,24H,4H2,1-3H3,(H,21,25)(H,22,26)(H,23,27)(H,28,29). The first-order chi connectivity index (χ1) is 15.4. The van der Waals surface area contributed by atoms with Crippen molar-refractivity contribution in [3.05, 3.63) is 47.5 Å². The van der Waals surface area contributed by atoms with Gasteiger partial charge in [0.25, 0.3) is 15.9 Å². The van der Waals surface area contributed by atoms with E-state index < -0.39 is 38.3 Å². The number of carbonyl (C=O) groups is 4. The van der Waals surface area contributed by atoms with E-state index in [0.29, 0.717) is 5.69 Å². The first kappa shape index (κ1) is 25.3. The maximum atomic E-state index is 12.6. The topological polar surface area (TPSA) is 180 Å². The Balaban J connectivity index is 2.25. The molecule has 0 heterocycles. The van der Waals surface area contributed by atoms with Crippen molar-refractivity contribution in [2.24, 2.45) is 0 Å². The number of hydrogen-bond acceptors (Lipinski definition) is 7. The summed E-state index contributed by atoms with van der Waals surface area (Å²) in [5.41, 5.74) is 1.86. The average molecular weight is 478 g/mol. The molecule has 0 atom stereocenters. The molecule has 3 amide bonds. The fraction of sp³-hybridized carbons (Fsp3) is 0.200. The number of ether oxygens (including phenoxy) is 1. The minimum absolute atomic E-state index is 0.0131. The molecule has 13 heteroatoms. The Hall–Kier alpha value is -3.97. The number of carbonyl (C=O) groups excluding carboxylic acids is 3. The molecule has 2 rings (SSSR count). The predicted molar refractivity (Wildman–Crippen MR) is 117 cm³/mol. The number of rotatable bonds is 9. The van der Waals surface area contributed by atoms with Gasteiger partial charge in [-0.15, -0.1) is 4.83 Å². The molecule has 2 aromatic carbocycles. The van der Waals surface area contributed by atoms with Gasteiger partial charge in [-0.3, -0.25) is 19.8 Å². The van der Waals surface area contributed by atoms with Gasteiger partial charge in [0.1, 0.15) is 5.75 Å². The Morgan fingerprint density at radius 2 is 1.61 bits per heavy atom. The number of aromatic carboxylic acids is 1. The van der Waals surface area contributed by atoms with Gasteiger partial charge in [-0.05, 0) is 37.3 Å². The highest BCUT2D eigenvalue weighted by Gasteiger charge is 2.21.